The highest BCUT2D eigenvalue weighted by Gasteiger charge is 2.42. The molecule has 0 aromatic heterocycles. The van der Waals surface area contributed by atoms with Crippen LogP contribution in [0.15, 0.2) is 12.7 Å². The van der Waals surface area contributed by atoms with E-state index in [1.54, 1.807) is 20.8 Å². The SMILES string of the molecule is C=CCNC(=O)C(=O)C(CCC)NC(=O)[C@@H]1CCCN1C(=O)C(NC(=O)NCC(=O)OCC1CC1)C(C)(C)C. The molecule has 5 amide bonds. The third-order valence-electron chi connectivity index (χ3n) is 6.64. The van der Waals surface area contributed by atoms with Gasteiger partial charge in [0.25, 0.3) is 5.91 Å². The number of carbonyl (C=O) groups is 6. The number of nitrogens with zero attached hydrogens (tertiary/aromatic N) is 1. The Hall–Kier alpha value is -3.44. The Balaban J connectivity index is 2.03. The zero-order chi connectivity index (χ0) is 29.2. The van der Waals surface area contributed by atoms with Crippen molar-refractivity contribution in [2.24, 2.45) is 11.3 Å². The van der Waals surface area contributed by atoms with E-state index in [-0.39, 0.29) is 19.5 Å². The second-order valence-corrected chi connectivity index (χ2v) is 11.2. The molecule has 2 aliphatic rings. The van der Waals surface area contributed by atoms with E-state index in [9.17, 15) is 28.8 Å². The van der Waals surface area contributed by atoms with Crippen molar-refractivity contribution in [3.63, 3.8) is 0 Å². The number of amides is 5. The molecule has 12 heteroatoms. The quantitative estimate of drug-likeness (QED) is 0.141. The maximum absolute atomic E-state index is 13.6. The van der Waals surface area contributed by atoms with E-state index in [0.717, 1.165) is 12.8 Å². The first-order valence-electron chi connectivity index (χ1n) is 13.6. The van der Waals surface area contributed by atoms with Gasteiger partial charge in [-0.25, -0.2) is 4.79 Å². The van der Waals surface area contributed by atoms with Gasteiger partial charge < -0.3 is 30.9 Å². The van der Waals surface area contributed by atoms with Gasteiger partial charge in [0.05, 0.1) is 12.6 Å². The highest BCUT2D eigenvalue weighted by molar-refractivity contribution is 6.38. The average molecular weight is 550 g/mol. The molecule has 0 spiro atoms. The van der Waals surface area contributed by atoms with E-state index < -0.39 is 59.0 Å². The van der Waals surface area contributed by atoms with Crippen molar-refractivity contribution in [3.05, 3.63) is 12.7 Å². The van der Waals surface area contributed by atoms with Crippen molar-refractivity contribution in [1.82, 2.24) is 26.2 Å². The maximum Gasteiger partial charge on any atom is 0.325 e. The van der Waals surface area contributed by atoms with Crippen molar-refractivity contribution in [2.45, 2.75) is 84.3 Å². The number of Topliss-reactive ketones (excluding diaryl/α,β-unsaturated/α-hetero) is 1. The highest BCUT2D eigenvalue weighted by atomic mass is 16.5. The minimum atomic E-state index is -1.02. The maximum atomic E-state index is 13.6. The average Bonchev–Trinajstić information content (AvgIpc) is 3.59. The lowest BCUT2D eigenvalue weighted by Gasteiger charge is -2.35. The lowest BCUT2D eigenvalue weighted by atomic mass is 9.85. The van der Waals surface area contributed by atoms with Gasteiger partial charge in [-0.05, 0) is 43.4 Å². The van der Waals surface area contributed by atoms with Crippen LogP contribution >= 0.6 is 0 Å². The monoisotopic (exact) mass is 549 g/mol. The molecule has 1 aliphatic heterocycles. The van der Waals surface area contributed by atoms with Crippen LogP contribution in [0.3, 0.4) is 0 Å². The summed E-state index contributed by atoms with van der Waals surface area (Å²) in [5, 5.41) is 10.2. The third-order valence-corrected chi connectivity index (χ3v) is 6.64. The molecule has 2 unspecified atom stereocenters. The number of hydrogen-bond donors (Lipinski definition) is 4. The van der Waals surface area contributed by atoms with Crippen molar-refractivity contribution < 1.29 is 33.5 Å². The summed E-state index contributed by atoms with van der Waals surface area (Å²) in [6.07, 6.45) is 5.27. The largest absolute Gasteiger partial charge is 0.464 e. The first-order valence-corrected chi connectivity index (χ1v) is 13.6. The van der Waals surface area contributed by atoms with Crippen molar-refractivity contribution in [3.8, 4) is 0 Å². The fraction of sp³-hybridized carbons (Fsp3) is 0.704. The minimum absolute atomic E-state index is 0.124. The van der Waals surface area contributed by atoms with E-state index in [1.165, 1.54) is 11.0 Å². The molecule has 1 heterocycles. The van der Waals surface area contributed by atoms with Crippen molar-refractivity contribution in [1.29, 1.82) is 0 Å². The van der Waals surface area contributed by atoms with Crippen LogP contribution in [0.2, 0.25) is 0 Å². The summed E-state index contributed by atoms with van der Waals surface area (Å²) in [4.78, 5) is 77.4. The van der Waals surface area contributed by atoms with E-state index in [0.29, 0.717) is 38.3 Å². The standard InChI is InChI=1S/C27H43N5O7/c1-6-9-18(21(34)24(36)28-13-7-2)30-23(35)19-10-8-14-32(19)25(37)22(27(3,4)5)31-26(38)29-15-20(33)39-16-17-11-12-17/h7,17-19,22H,2,6,8-16H2,1,3-5H3,(H,28,36)(H,30,35)(H2,29,31,38)/t18?,19-,22?/m0/s1. The van der Waals surface area contributed by atoms with Gasteiger partial charge in [0.15, 0.2) is 0 Å². The number of ether oxygens (including phenoxy) is 1. The van der Waals surface area contributed by atoms with Crippen molar-refractivity contribution in [2.75, 3.05) is 26.2 Å². The van der Waals surface area contributed by atoms with Gasteiger partial charge in [-0.1, -0.05) is 40.2 Å². The molecule has 1 saturated carbocycles. The van der Waals surface area contributed by atoms with Crippen LogP contribution in [-0.4, -0.2) is 84.8 Å². The molecule has 2 fully saturated rings. The van der Waals surface area contributed by atoms with Gasteiger partial charge >= 0.3 is 12.0 Å². The Morgan fingerprint density at radius 1 is 1.05 bits per heavy atom. The molecule has 218 valence electrons. The van der Waals surface area contributed by atoms with Crippen LogP contribution in [0, 0.1) is 11.3 Å². The highest BCUT2D eigenvalue weighted by Crippen LogP contribution is 2.29. The summed E-state index contributed by atoms with van der Waals surface area (Å²) >= 11 is 0. The molecule has 2 rings (SSSR count). The zero-order valence-corrected chi connectivity index (χ0v) is 23.5. The first kappa shape index (κ1) is 31.8. The molecule has 0 radical (unpaired) electrons. The van der Waals surface area contributed by atoms with Gasteiger partial charge in [-0.2, -0.15) is 0 Å². The predicted molar refractivity (Wildman–Crippen MR) is 143 cm³/mol. The number of rotatable bonds is 14. The van der Waals surface area contributed by atoms with Gasteiger partial charge in [0, 0.05) is 13.1 Å². The number of urea groups is 1. The Morgan fingerprint density at radius 2 is 1.74 bits per heavy atom. The van der Waals surface area contributed by atoms with Crippen LogP contribution in [-0.2, 0) is 28.7 Å². The Morgan fingerprint density at radius 3 is 2.33 bits per heavy atom. The second-order valence-electron chi connectivity index (χ2n) is 11.2. The number of likely N-dealkylation sites (tertiary alicyclic amines) is 1. The van der Waals surface area contributed by atoms with Gasteiger partial charge in [-0.15, -0.1) is 6.58 Å². The molecule has 3 atom stereocenters. The molecule has 1 saturated heterocycles. The molecule has 4 N–H and O–H groups in total. The van der Waals surface area contributed by atoms with Crippen LogP contribution in [0.5, 0.6) is 0 Å². The van der Waals surface area contributed by atoms with E-state index >= 15 is 0 Å². The number of hydrogen-bond acceptors (Lipinski definition) is 7. The summed E-state index contributed by atoms with van der Waals surface area (Å²) in [6.45, 7) is 11.1. The molecule has 1 aliphatic carbocycles. The van der Waals surface area contributed by atoms with Crippen molar-refractivity contribution >= 4 is 35.5 Å². The minimum Gasteiger partial charge on any atom is -0.464 e. The topological polar surface area (TPSA) is 163 Å². The lowest BCUT2D eigenvalue weighted by molar-refractivity contribution is -0.143. The Labute approximate surface area is 230 Å². The predicted octanol–water partition coefficient (Wildman–Crippen LogP) is 0.801. The summed E-state index contributed by atoms with van der Waals surface area (Å²) in [5.41, 5.74) is -0.714. The fourth-order valence-corrected chi connectivity index (χ4v) is 4.23. The summed E-state index contributed by atoms with van der Waals surface area (Å²) in [5.74, 6) is -2.70. The zero-order valence-electron chi connectivity index (χ0n) is 23.5. The summed E-state index contributed by atoms with van der Waals surface area (Å²) < 4.78 is 5.10. The first-order chi connectivity index (χ1) is 18.4. The number of carbonyl (C=O) groups excluding carboxylic acids is 6. The molecule has 39 heavy (non-hydrogen) atoms. The van der Waals surface area contributed by atoms with Crippen LogP contribution in [0.4, 0.5) is 4.79 Å². The summed E-state index contributed by atoms with van der Waals surface area (Å²) in [7, 11) is 0. The van der Waals surface area contributed by atoms with Gasteiger partial charge in [0.1, 0.15) is 18.6 Å². The van der Waals surface area contributed by atoms with E-state index in [4.69, 9.17) is 4.74 Å². The number of esters is 1. The van der Waals surface area contributed by atoms with Crippen LogP contribution in [0.25, 0.3) is 0 Å². The molecular weight excluding hydrogens is 506 g/mol. The molecule has 0 aromatic carbocycles. The van der Waals surface area contributed by atoms with E-state index in [1.807, 2.05) is 6.92 Å². The Bertz CT molecular complexity index is 941. The Kier molecular flexibility index (Phi) is 11.9. The molecule has 0 bridgehead atoms. The fourth-order valence-electron chi connectivity index (χ4n) is 4.23. The van der Waals surface area contributed by atoms with Gasteiger partial charge in [0.2, 0.25) is 17.6 Å². The number of ketones is 1. The summed E-state index contributed by atoms with van der Waals surface area (Å²) in [6, 6.07) is -3.57. The number of nitrogens with one attached hydrogen (secondary N) is 4. The normalized spacial score (nSPS) is 18.4. The van der Waals surface area contributed by atoms with Gasteiger partial charge in [-0.3, -0.25) is 24.0 Å². The lowest BCUT2D eigenvalue weighted by Crippen LogP contribution is -2.60. The van der Waals surface area contributed by atoms with Crippen LogP contribution in [0.1, 0.15) is 66.2 Å². The van der Waals surface area contributed by atoms with Crippen LogP contribution < -0.4 is 21.3 Å². The van der Waals surface area contributed by atoms with E-state index in [2.05, 4.69) is 27.8 Å². The third kappa shape index (κ3) is 9.99. The second kappa shape index (κ2) is 14.6. The molecule has 12 nitrogen and oxygen atoms in total. The smallest absolute Gasteiger partial charge is 0.325 e. The molecule has 0 aromatic rings. The molecular formula is C27H43N5O7.